The molecule has 0 aliphatic rings. The normalized spacial score (nSPS) is 9.12. The first-order valence-corrected chi connectivity index (χ1v) is 6.38. The average molecular weight is 236 g/mol. The van der Waals surface area contributed by atoms with Crippen LogP contribution in [0.2, 0.25) is 0 Å². The van der Waals surface area contributed by atoms with Crippen molar-refractivity contribution in [1.29, 1.82) is 0 Å². The van der Waals surface area contributed by atoms with Gasteiger partial charge in [0.25, 0.3) is 0 Å². The number of ether oxygens (including phenoxy) is 1. The van der Waals surface area contributed by atoms with Crippen molar-refractivity contribution in [1.82, 2.24) is 0 Å². The highest BCUT2D eigenvalue weighted by atomic mass is 16.5. The summed E-state index contributed by atoms with van der Waals surface area (Å²) in [4.78, 5) is 10.4. The molecule has 1 rings (SSSR count). The molecule has 0 unspecified atom stereocenters. The zero-order valence-electron chi connectivity index (χ0n) is 11.2. The summed E-state index contributed by atoms with van der Waals surface area (Å²) in [6.07, 6.45) is 5.54. The number of rotatable bonds is 5. The van der Waals surface area contributed by atoms with E-state index in [1.807, 2.05) is 30.3 Å². The van der Waals surface area contributed by atoms with Crippen LogP contribution < -0.4 is 0 Å². The Kier molecular flexibility index (Phi) is 10.3. The lowest BCUT2D eigenvalue weighted by molar-refractivity contribution is -0.142. The fourth-order valence-corrected chi connectivity index (χ4v) is 1.26. The Balaban J connectivity index is 0.000000366. The van der Waals surface area contributed by atoms with Crippen LogP contribution in [0.25, 0.3) is 0 Å². The zero-order chi connectivity index (χ0) is 12.9. The number of carbonyl (C=O) groups excluding carboxylic acids is 1. The highest BCUT2D eigenvalue weighted by molar-refractivity contribution is 5.65. The van der Waals surface area contributed by atoms with Crippen LogP contribution in [0.1, 0.15) is 52.0 Å². The van der Waals surface area contributed by atoms with Gasteiger partial charge in [0.05, 0.1) is 0 Å². The van der Waals surface area contributed by atoms with Gasteiger partial charge >= 0.3 is 5.97 Å². The van der Waals surface area contributed by atoms with E-state index in [-0.39, 0.29) is 5.97 Å². The Hall–Kier alpha value is -1.31. The molecule has 0 aromatic heterocycles. The predicted octanol–water partition coefficient (Wildman–Crippen LogP) is 4.34. The molecule has 96 valence electrons. The van der Waals surface area contributed by atoms with Gasteiger partial charge in [-0.25, -0.2) is 0 Å². The van der Waals surface area contributed by atoms with Crippen molar-refractivity contribution in [3.8, 4) is 0 Å². The van der Waals surface area contributed by atoms with E-state index in [0.29, 0.717) is 6.61 Å². The van der Waals surface area contributed by atoms with Crippen LogP contribution in [-0.4, -0.2) is 5.97 Å². The molecule has 0 aliphatic carbocycles. The SMILES string of the molecule is CC(=O)OCc1ccccc1.CCCCCC. The molecule has 2 heteroatoms. The van der Waals surface area contributed by atoms with Crippen molar-refractivity contribution in [2.45, 2.75) is 53.1 Å². The number of benzene rings is 1. The standard InChI is InChI=1S/C9H10O2.C6H14/c1-8(10)11-7-9-5-3-2-4-6-9;1-3-5-6-4-2/h2-6H,7H2,1H3;3-6H2,1-2H3. The summed E-state index contributed by atoms with van der Waals surface area (Å²) in [6.45, 7) is 6.24. The second-order valence-electron chi connectivity index (χ2n) is 3.97. The third-order valence-electron chi connectivity index (χ3n) is 2.24. The van der Waals surface area contributed by atoms with Gasteiger partial charge in [-0.3, -0.25) is 4.79 Å². The van der Waals surface area contributed by atoms with E-state index < -0.39 is 0 Å². The smallest absolute Gasteiger partial charge is 0.302 e. The minimum atomic E-state index is -0.242. The molecule has 0 N–H and O–H groups in total. The molecule has 0 fully saturated rings. The van der Waals surface area contributed by atoms with Gasteiger partial charge < -0.3 is 4.74 Å². The minimum absolute atomic E-state index is 0.242. The number of esters is 1. The summed E-state index contributed by atoms with van der Waals surface area (Å²) >= 11 is 0. The molecule has 0 saturated heterocycles. The highest BCUT2D eigenvalue weighted by Gasteiger charge is 1.93. The van der Waals surface area contributed by atoms with Gasteiger partial charge in [0.1, 0.15) is 6.61 Å². The Bertz CT molecular complexity index is 276. The van der Waals surface area contributed by atoms with E-state index in [1.54, 1.807) is 0 Å². The van der Waals surface area contributed by atoms with Gasteiger partial charge in [-0.15, -0.1) is 0 Å². The molecule has 17 heavy (non-hydrogen) atoms. The van der Waals surface area contributed by atoms with Crippen molar-refractivity contribution in [3.05, 3.63) is 35.9 Å². The first-order valence-electron chi connectivity index (χ1n) is 6.38. The molecule has 0 spiro atoms. The highest BCUT2D eigenvalue weighted by Crippen LogP contribution is 1.99. The Morgan fingerprint density at radius 3 is 2.00 bits per heavy atom. The van der Waals surface area contributed by atoms with Gasteiger partial charge in [0.2, 0.25) is 0 Å². The fourth-order valence-electron chi connectivity index (χ4n) is 1.26. The second kappa shape index (κ2) is 11.2. The lowest BCUT2D eigenvalue weighted by Crippen LogP contribution is -1.97. The zero-order valence-corrected chi connectivity index (χ0v) is 11.2. The van der Waals surface area contributed by atoms with Gasteiger partial charge in [-0.1, -0.05) is 69.9 Å². The summed E-state index contributed by atoms with van der Waals surface area (Å²) < 4.78 is 4.79. The number of unbranched alkanes of at least 4 members (excludes halogenated alkanes) is 3. The molecule has 0 aliphatic heterocycles. The van der Waals surface area contributed by atoms with Gasteiger partial charge in [0, 0.05) is 6.92 Å². The van der Waals surface area contributed by atoms with Crippen LogP contribution in [0.5, 0.6) is 0 Å². The van der Waals surface area contributed by atoms with Crippen LogP contribution in [0.15, 0.2) is 30.3 Å². The summed E-state index contributed by atoms with van der Waals surface area (Å²) in [5, 5.41) is 0. The number of hydrogen-bond donors (Lipinski definition) is 0. The quantitative estimate of drug-likeness (QED) is 0.561. The molecular weight excluding hydrogens is 212 g/mol. The molecule has 0 amide bonds. The van der Waals surface area contributed by atoms with Crippen LogP contribution in [0, 0.1) is 0 Å². The van der Waals surface area contributed by atoms with Gasteiger partial charge in [-0.2, -0.15) is 0 Å². The first-order chi connectivity index (χ1) is 8.20. The third-order valence-corrected chi connectivity index (χ3v) is 2.24. The fraction of sp³-hybridized carbons (Fsp3) is 0.533. The largest absolute Gasteiger partial charge is 0.461 e. The maximum atomic E-state index is 10.4. The predicted molar refractivity (Wildman–Crippen MR) is 71.7 cm³/mol. The molecule has 0 radical (unpaired) electrons. The molecular formula is C15H24O2. The molecule has 1 aromatic rings. The van der Waals surface area contributed by atoms with E-state index in [1.165, 1.54) is 32.6 Å². The molecule has 0 bridgehead atoms. The molecule has 0 atom stereocenters. The van der Waals surface area contributed by atoms with E-state index in [4.69, 9.17) is 4.74 Å². The van der Waals surface area contributed by atoms with Crippen molar-refractivity contribution in [3.63, 3.8) is 0 Å². The number of carbonyl (C=O) groups is 1. The molecule has 0 heterocycles. The summed E-state index contributed by atoms with van der Waals surface area (Å²) in [7, 11) is 0. The average Bonchev–Trinajstić information content (AvgIpc) is 2.36. The Morgan fingerprint density at radius 2 is 1.59 bits per heavy atom. The Labute approximate surface area is 105 Å². The maximum Gasteiger partial charge on any atom is 0.302 e. The van der Waals surface area contributed by atoms with E-state index in [0.717, 1.165) is 5.56 Å². The lowest BCUT2D eigenvalue weighted by Gasteiger charge is -1.99. The summed E-state index contributed by atoms with van der Waals surface area (Å²) in [5.74, 6) is -0.242. The molecule has 2 nitrogen and oxygen atoms in total. The van der Waals surface area contributed by atoms with E-state index >= 15 is 0 Å². The summed E-state index contributed by atoms with van der Waals surface area (Å²) in [6, 6.07) is 9.60. The van der Waals surface area contributed by atoms with Crippen LogP contribution in [0.4, 0.5) is 0 Å². The lowest BCUT2D eigenvalue weighted by atomic mass is 10.2. The minimum Gasteiger partial charge on any atom is -0.461 e. The molecule has 0 saturated carbocycles. The number of hydrogen-bond acceptors (Lipinski definition) is 2. The molecule has 1 aromatic carbocycles. The third kappa shape index (κ3) is 11.0. The van der Waals surface area contributed by atoms with Crippen molar-refractivity contribution < 1.29 is 9.53 Å². The monoisotopic (exact) mass is 236 g/mol. The van der Waals surface area contributed by atoms with E-state index in [9.17, 15) is 4.79 Å². The Morgan fingerprint density at radius 1 is 1.06 bits per heavy atom. The van der Waals surface area contributed by atoms with Crippen molar-refractivity contribution in [2.75, 3.05) is 0 Å². The summed E-state index contributed by atoms with van der Waals surface area (Å²) in [5.41, 5.74) is 1.02. The van der Waals surface area contributed by atoms with Gasteiger partial charge in [-0.05, 0) is 5.56 Å². The van der Waals surface area contributed by atoms with Crippen LogP contribution in [0.3, 0.4) is 0 Å². The second-order valence-corrected chi connectivity index (χ2v) is 3.97. The van der Waals surface area contributed by atoms with Crippen molar-refractivity contribution in [2.24, 2.45) is 0 Å². The van der Waals surface area contributed by atoms with Crippen LogP contribution in [-0.2, 0) is 16.1 Å². The maximum absolute atomic E-state index is 10.4. The van der Waals surface area contributed by atoms with Crippen LogP contribution >= 0.6 is 0 Å². The van der Waals surface area contributed by atoms with E-state index in [2.05, 4.69) is 13.8 Å². The van der Waals surface area contributed by atoms with Crippen molar-refractivity contribution >= 4 is 5.97 Å². The first kappa shape index (κ1) is 15.7. The topological polar surface area (TPSA) is 26.3 Å². The van der Waals surface area contributed by atoms with Gasteiger partial charge in [0.15, 0.2) is 0 Å².